The number of aromatic nitrogens is 3. The zero-order valence-corrected chi connectivity index (χ0v) is 21.3. The van der Waals surface area contributed by atoms with Gasteiger partial charge in [-0.25, -0.2) is 4.98 Å². The highest BCUT2D eigenvalue weighted by Gasteiger charge is 2.54. The molecule has 0 radical (unpaired) electrons. The molecule has 0 saturated heterocycles. The summed E-state index contributed by atoms with van der Waals surface area (Å²) < 4.78 is 0. The van der Waals surface area contributed by atoms with Crippen molar-refractivity contribution in [1.29, 1.82) is 0 Å². The lowest BCUT2D eigenvalue weighted by molar-refractivity contribution is -0.134. The monoisotopic (exact) mass is 460 g/mol. The number of nitrogens with zero attached hydrogens (tertiary/aromatic N) is 3. The Balaban J connectivity index is 1.53. The van der Waals surface area contributed by atoms with Crippen LogP contribution in [0.1, 0.15) is 86.6 Å². The van der Waals surface area contributed by atoms with Crippen LogP contribution in [0.2, 0.25) is 0 Å². The lowest BCUT2D eigenvalue weighted by atomic mass is 9.95. The zero-order valence-electron chi connectivity index (χ0n) is 21.3. The predicted octanol–water partition coefficient (Wildman–Crippen LogP) is 5.38. The molecular weight excluding hydrogens is 424 g/mol. The predicted molar refractivity (Wildman–Crippen MR) is 133 cm³/mol. The number of allylic oxidation sites excluding steroid dienone is 4. The van der Waals surface area contributed by atoms with E-state index in [1.165, 1.54) is 23.6 Å². The second kappa shape index (κ2) is 9.32. The third-order valence-electron chi connectivity index (χ3n) is 7.58. The second-order valence-corrected chi connectivity index (χ2v) is 10.2. The number of nitrogens with one attached hydrogen (secondary N) is 1. The van der Waals surface area contributed by atoms with Crippen LogP contribution in [-0.2, 0) is 16.8 Å². The molecule has 0 spiro atoms. The van der Waals surface area contributed by atoms with Crippen molar-refractivity contribution in [3.8, 4) is 0 Å². The number of aromatic amines is 1. The average molecular weight is 461 g/mol. The van der Waals surface area contributed by atoms with Gasteiger partial charge in [0, 0.05) is 25.4 Å². The Hall–Kier alpha value is -3.02. The van der Waals surface area contributed by atoms with Gasteiger partial charge in [-0.3, -0.25) is 14.6 Å². The van der Waals surface area contributed by atoms with Crippen LogP contribution in [0.4, 0.5) is 0 Å². The molecule has 6 nitrogen and oxygen atoms in total. The van der Waals surface area contributed by atoms with E-state index in [0.29, 0.717) is 30.5 Å². The smallest absolute Gasteiger partial charge is 0.235 e. The molecule has 2 aromatic heterocycles. The maximum Gasteiger partial charge on any atom is 0.235 e. The number of carbonyl (C=O) groups is 2. The van der Waals surface area contributed by atoms with Crippen LogP contribution in [0.5, 0.6) is 0 Å². The number of aryl methyl sites for hydroxylation is 2. The number of H-pyrrole nitrogens is 1. The summed E-state index contributed by atoms with van der Waals surface area (Å²) in [5, 5.41) is 0. The molecule has 1 saturated carbocycles. The van der Waals surface area contributed by atoms with Crippen molar-refractivity contribution in [2.75, 3.05) is 6.54 Å². The van der Waals surface area contributed by atoms with E-state index in [4.69, 9.17) is 0 Å². The molecule has 2 aliphatic rings. The first kappa shape index (κ1) is 24.1. The van der Waals surface area contributed by atoms with Crippen LogP contribution in [0.25, 0.3) is 0 Å². The second-order valence-electron chi connectivity index (χ2n) is 10.2. The van der Waals surface area contributed by atoms with Gasteiger partial charge in [-0.2, -0.15) is 0 Å². The molecule has 1 amide bonds. The van der Waals surface area contributed by atoms with Crippen molar-refractivity contribution in [3.05, 3.63) is 69.6 Å². The highest BCUT2D eigenvalue weighted by molar-refractivity contribution is 5.93. The minimum absolute atomic E-state index is 0.0687. The SMILES string of the molecule is CC(=O)c1nc(CN(CCCC2=CC(C)=C(C)C2C)C(=O)C2(c3ccc(C)cn3)CC2)[nH]c1C. The first-order valence-corrected chi connectivity index (χ1v) is 12.3. The van der Waals surface area contributed by atoms with Crippen LogP contribution in [0, 0.1) is 19.8 Å². The summed E-state index contributed by atoms with van der Waals surface area (Å²) >= 11 is 0. The standard InChI is InChI=1S/C28H36N4O2/c1-17-9-10-24(29-15-17)28(11-12-28)27(34)32(16-25-30-21(5)26(31-25)22(6)33)13-7-8-23-14-18(2)19(3)20(23)4/h9-10,14-15,20H,7-8,11-13,16H2,1-6H3,(H,30,31). The average Bonchev–Trinajstić information content (AvgIpc) is 3.47. The van der Waals surface area contributed by atoms with Crippen LogP contribution in [-0.4, -0.2) is 38.1 Å². The number of Topliss-reactive ketones (excluding diaryl/α,β-unsaturated/α-hetero) is 1. The lowest BCUT2D eigenvalue weighted by Gasteiger charge is -2.27. The van der Waals surface area contributed by atoms with Gasteiger partial charge in [-0.05, 0) is 70.9 Å². The Morgan fingerprint density at radius 1 is 1.18 bits per heavy atom. The molecule has 1 fully saturated rings. The number of hydrogen-bond acceptors (Lipinski definition) is 4. The molecule has 1 atom stereocenters. The number of imidazole rings is 1. The molecule has 0 aromatic carbocycles. The number of ketones is 1. The van der Waals surface area contributed by atoms with E-state index in [9.17, 15) is 9.59 Å². The topological polar surface area (TPSA) is 79.0 Å². The molecule has 2 heterocycles. The fourth-order valence-corrected chi connectivity index (χ4v) is 5.03. The summed E-state index contributed by atoms with van der Waals surface area (Å²) in [7, 11) is 0. The van der Waals surface area contributed by atoms with E-state index in [1.807, 2.05) is 37.1 Å². The maximum atomic E-state index is 13.9. The first-order valence-electron chi connectivity index (χ1n) is 12.3. The summed E-state index contributed by atoms with van der Waals surface area (Å²) in [6, 6.07) is 4.02. The van der Waals surface area contributed by atoms with E-state index < -0.39 is 5.41 Å². The Kier molecular flexibility index (Phi) is 6.61. The van der Waals surface area contributed by atoms with Crippen LogP contribution in [0.3, 0.4) is 0 Å². The van der Waals surface area contributed by atoms with Crippen molar-refractivity contribution in [1.82, 2.24) is 19.9 Å². The van der Waals surface area contributed by atoms with Crippen molar-refractivity contribution in [3.63, 3.8) is 0 Å². The Labute approximate surface area is 202 Å². The maximum absolute atomic E-state index is 13.9. The normalized spacial score (nSPS) is 18.8. The molecular formula is C28H36N4O2. The molecule has 180 valence electrons. The molecule has 0 bridgehead atoms. The molecule has 34 heavy (non-hydrogen) atoms. The fraction of sp³-hybridized carbons (Fsp3) is 0.500. The number of rotatable bonds is 9. The van der Waals surface area contributed by atoms with Crippen LogP contribution < -0.4 is 0 Å². The number of amides is 1. The molecule has 6 heteroatoms. The van der Waals surface area contributed by atoms with E-state index in [2.05, 4.69) is 41.8 Å². The van der Waals surface area contributed by atoms with Gasteiger partial charge in [0.2, 0.25) is 5.91 Å². The Morgan fingerprint density at radius 3 is 2.44 bits per heavy atom. The van der Waals surface area contributed by atoms with Gasteiger partial charge >= 0.3 is 0 Å². The summed E-state index contributed by atoms with van der Waals surface area (Å²) in [5.41, 5.74) is 6.85. The van der Waals surface area contributed by atoms with Crippen molar-refractivity contribution in [2.24, 2.45) is 5.92 Å². The van der Waals surface area contributed by atoms with E-state index in [-0.39, 0.29) is 11.7 Å². The molecule has 0 aliphatic heterocycles. The molecule has 1 unspecified atom stereocenters. The third-order valence-corrected chi connectivity index (χ3v) is 7.58. The van der Waals surface area contributed by atoms with Crippen LogP contribution in [0.15, 0.2) is 41.1 Å². The van der Waals surface area contributed by atoms with Crippen molar-refractivity contribution >= 4 is 11.7 Å². The van der Waals surface area contributed by atoms with Crippen molar-refractivity contribution < 1.29 is 9.59 Å². The summed E-state index contributed by atoms with van der Waals surface area (Å²) in [6.07, 6.45) is 7.63. The summed E-state index contributed by atoms with van der Waals surface area (Å²) in [5.74, 6) is 1.18. The minimum atomic E-state index is -0.534. The third kappa shape index (κ3) is 4.63. The molecule has 1 N–H and O–H groups in total. The summed E-state index contributed by atoms with van der Waals surface area (Å²) in [6.45, 7) is 13.0. The van der Waals surface area contributed by atoms with Crippen LogP contribution >= 0.6 is 0 Å². The highest BCUT2D eigenvalue weighted by Crippen LogP contribution is 2.49. The quantitative estimate of drug-likeness (QED) is 0.510. The highest BCUT2D eigenvalue weighted by atomic mass is 16.2. The molecule has 2 aromatic rings. The van der Waals surface area contributed by atoms with Gasteiger partial charge in [0.05, 0.1) is 17.7 Å². The minimum Gasteiger partial charge on any atom is -0.344 e. The lowest BCUT2D eigenvalue weighted by Crippen LogP contribution is -2.40. The number of hydrogen-bond donors (Lipinski definition) is 1. The summed E-state index contributed by atoms with van der Waals surface area (Å²) in [4.78, 5) is 40.0. The first-order chi connectivity index (χ1) is 16.1. The fourth-order valence-electron chi connectivity index (χ4n) is 5.03. The number of carbonyl (C=O) groups excluding carboxylic acids is 2. The van der Waals surface area contributed by atoms with Gasteiger partial charge < -0.3 is 9.88 Å². The van der Waals surface area contributed by atoms with E-state index in [1.54, 1.807) is 0 Å². The molecule has 2 aliphatic carbocycles. The number of pyridine rings is 1. The van der Waals surface area contributed by atoms with Gasteiger partial charge in [-0.15, -0.1) is 0 Å². The van der Waals surface area contributed by atoms with Gasteiger partial charge in [-0.1, -0.05) is 35.8 Å². The van der Waals surface area contributed by atoms with Gasteiger partial charge in [0.15, 0.2) is 5.78 Å². The van der Waals surface area contributed by atoms with Gasteiger partial charge in [0.1, 0.15) is 11.5 Å². The Bertz CT molecular complexity index is 1170. The molecule has 4 rings (SSSR count). The largest absolute Gasteiger partial charge is 0.344 e. The van der Waals surface area contributed by atoms with E-state index in [0.717, 1.165) is 42.6 Å². The van der Waals surface area contributed by atoms with E-state index >= 15 is 0 Å². The van der Waals surface area contributed by atoms with Crippen molar-refractivity contribution in [2.45, 2.75) is 79.2 Å². The zero-order chi connectivity index (χ0) is 24.6. The van der Waals surface area contributed by atoms with Gasteiger partial charge in [0.25, 0.3) is 0 Å². The Morgan fingerprint density at radius 2 is 1.91 bits per heavy atom.